The number of nitrogens with zero attached hydrogens (tertiary/aromatic N) is 3. The molecule has 0 fully saturated rings. The first-order valence-electron chi connectivity index (χ1n) is 5.91. The molecule has 0 saturated heterocycles. The second-order valence-corrected chi connectivity index (χ2v) is 4.08. The van der Waals surface area contributed by atoms with Crippen molar-refractivity contribution in [1.82, 2.24) is 20.3 Å². The van der Waals surface area contributed by atoms with Crippen LogP contribution in [0.2, 0.25) is 0 Å². The summed E-state index contributed by atoms with van der Waals surface area (Å²) in [7, 11) is 0. The second-order valence-electron chi connectivity index (χ2n) is 4.08. The summed E-state index contributed by atoms with van der Waals surface area (Å²) in [5.41, 5.74) is -0.728. The first-order valence-corrected chi connectivity index (χ1v) is 5.91. The smallest absolute Gasteiger partial charge is 0.311 e. The third kappa shape index (κ3) is 2.96. The molecule has 1 N–H and O–H groups in total. The van der Waals surface area contributed by atoms with E-state index in [4.69, 9.17) is 0 Å². The minimum atomic E-state index is -4.54. The SMILES string of the molecule is CCNCc1cnnn1-c1cc(C(F)(F)F)ccc1F. The molecule has 2 aromatic rings. The highest BCUT2D eigenvalue weighted by Gasteiger charge is 2.31. The van der Waals surface area contributed by atoms with Crippen LogP contribution in [0.4, 0.5) is 17.6 Å². The maximum absolute atomic E-state index is 13.7. The van der Waals surface area contributed by atoms with E-state index in [0.717, 1.165) is 16.8 Å². The topological polar surface area (TPSA) is 42.7 Å². The zero-order valence-electron chi connectivity index (χ0n) is 10.6. The first-order chi connectivity index (χ1) is 9.43. The Bertz CT molecular complexity index is 591. The van der Waals surface area contributed by atoms with Crippen LogP contribution < -0.4 is 5.32 Å². The molecule has 108 valence electrons. The van der Waals surface area contributed by atoms with Gasteiger partial charge in [-0.3, -0.25) is 0 Å². The zero-order valence-corrected chi connectivity index (χ0v) is 10.6. The summed E-state index contributed by atoms with van der Waals surface area (Å²) in [6.07, 6.45) is -3.16. The van der Waals surface area contributed by atoms with Gasteiger partial charge in [-0.15, -0.1) is 5.10 Å². The van der Waals surface area contributed by atoms with Gasteiger partial charge in [-0.05, 0) is 24.7 Å². The lowest BCUT2D eigenvalue weighted by atomic mass is 10.2. The minimum absolute atomic E-state index is 0.273. The summed E-state index contributed by atoms with van der Waals surface area (Å²) >= 11 is 0. The van der Waals surface area contributed by atoms with Crippen LogP contribution in [0.3, 0.4) is 0 Å². The van der Waals surface area contributed by atoms with E-state index < -0.39 is 17.6 Å². The highest BCUT2D eigenvalue weighted by molar-refractivity contribution is 5.38. The molecule has 2 rings (SSSR count). The van der Waals surface area contributed by atoms with Crippen molar-refractivity contribution in [2.45, 2.75) is 19.6 Å². The maximum Gasteiger partial charge on any atom is 0.416 e. The Kier molecular flexibility index (Phi) is 4.03. The third-order valence-corrected chi connectivity index (χ3v) is 2.68. The average molecular weight is 288 g/mol. The van der Waals surface area contributed by atoms with Crippen LogP contribution in [0.1, 0.15) is 18.2 Å². The Morgan fingerprint density at radius 1 is 1.30 bits per heavy atom. The van der Waals surface area contributed by atoms with E-state index in [0.29, 0.717) is 24.8 Å². The van der Waals surface area contributed by atoms with Crippen molar-refractivity contribution in [3.05, 3.63) is 41.5 Å². The normalized spacial score (nSPS) is 11.8. The zero-order chi connectivity index (χ0) is 14.8. The molecule has 20 heavy (non-hydrogen) atoms. The average Bonchev–Trinajstić information content (AvgIpc) is 2.83. The van der Waals surface area contributed by atoms with E-state index in [-0.39, 0.29) is 5.69 Å². The Hall–Kier alpha value is -1.96. The molecule has 0 aliphatic rings. The number of aromatic nitrogens is 3. The molecule has 1 heterocycles. The van der Waals surface area contributed by atoms with E-state index in [2.05, 4.69) is 15.6 Å². The maximum atomic E-state index is 13.7. The van der Waals surface area contributed by atoms with Gasteiger partial charge < -0.3 is 5.32 Å². The Balaban J connectivity index is 2.44. The van der Waals surface area contributed by atoms with Crippen molar-refractivity contribution in [2.24, 2.45) is 0 Å². The van der Waals surface area contributed by atoms with Crippen molar-refractivity contribution in [1.29, 1.82) is 0 Å². The fraction of sp³-hybridized carbons (Fsp3) is 0.333. The monoisotopic (exact) mass is 288 g/mol. The lowest BCUT2D eigenvalue weighted by molar-refractivity contribution is -0.137. The van der Waals surface area contributed by atoms with Crippen LogP contribution in [-0.4, -0.2) is 21.5 Å². The second kappa shape index (κ2) is 5.58. The molecule has 0 bridgehead atoms. The van der Waals surface area contributed by atoms with Crippen molar-refractivity contribution < 1.29 is 17.6 Å². The Morgan fingerprint density at radius 2 is 2.05 bits per heavy atom. The number of hydrogen-bond donors (Lipinski definition) is 1. The van der Waals surface area contributed by atoms with Crippen molar-refractivity contribution in [3.63, 3.8) is 0 Å². The summed E-state index contributed by atoms with van der Waals surface area (Å²) < 4.78 is 52.8. The van der Waals surface area contributed by atoms with Crippen LogP contribution in [0, 0.1) is 5.82 Å². The number of halogens is 4. The van der Waals surface area contributed by atoms with Gasteiger partial charge in [0.1, 0.15) is 11.5 Å². The lowest BCUT2D eigenvalue weighted by Gasteiger charge is -2.11. The first kappa shape index (κ1) is 14.4. The molecule has 0 spiro atoms. The van der Waals surface area contributed by atoms with Crippen LogP contribution in [0.15, 0.2) is 24.4 Å². The molecular weight excluding hydrogens is 276 g/mol. The summed E-state index contributed by atoms with van der Waals surface area (Å²) in [5, 5.41) is 10.2. The van der Waals surface area contributed by atoms with Gasteiger partial charge >= 0.3 is 6.18 Å². The molecule has 0 unspecified atom stereocenters. The largest absolute Gasteiger partial charge is 0.416 e. The van der Waals surface area contributed by atoms with Crippen LogP contribution in [0.5, 0.6) is 0 Å². The van der Waals surface area contributed by atoms with Crippen molar-refractivity contribution in [2.75, 3.05) is 6.54 Å². The molecule has 4 nitrogen and oxygen atoms in total. The molecule has 1 aromatic carbocycles. The highest BCUT2D eigenvalue weighted by Crippen LogP contribution is 2.31. The molecule has 1 aromatic heterocycles. The van der Waals surface area contributed by atoms with Crippen molar-refractivity contribution >= 4 is 0 Å². The fourth-order valence-corrected chi connectivity index (χ4v) is 1.68. The van der Waals surface area contributed by atoms with Crippen LogP contribution in [0.25, 0.3) is 5.69 Å². The summed E-state index contributed by atoms with van der Waals surface area (Å²) in [4.78, 5) is 0. The standard InChI is InChI=1S/C12H12F4N4/c1-2-17-6-9-7-18-19-20(9)11-5-8(12(14,15)16)3-4-10(11)13/h3-5,7,17H,2,6H2,1H3. The van der Waals surface area contributed by atoms with Gasteiger partial charge in [0.05, 0.1) is 17.5 Å². The molecule has 0 saturated carbocycles. The van der Waals surface area contributed by atoms with Gasteiger partial charge in [0.2, 0.25) is 0 Å². The predicted octanol–water partition coefficient (Wildman–Crippen LogP) is 2.53. The quantitative estimate of drug-likeness (QED) is 0.879. The number of nitrogens with one attached hydrogen (secondary N) is 1. The number of alkyl halides is 3. The molecule has 0 radical (unpaired) electrons. The van der Waals surface area contributed by atoms with Gasteiger partial charge in [-0.2, -0.15) is 13.2 Å². The van der Waals surface area contributed by atoms with Gasteiger partial charge in [-0.25, -0.2) is 9.07 Å². The molecule has 8 heteroatoms. The molecular formula is C12H12F4N4. The highest BCUT2D eigenvalue weighted by atomic mass is 19.4. The Morgan fingerprint density at radius 3 is 2.70 bits per heavy atom. The molecule has 0 atom stereocenters. The van der Waals surface area contributed by atoms with Gasteiger partial charge in [-0.1, -0.05) is 12.1 Å². The summed E-state index contributed by atoms with van der Waals surface area (Å²) in [5.74, 6) is -0.791. The van der Waals surface area contributed by atoms with E-state index in [9.17, 15) is 17.6 Å². The molecule has 0 aliphatic heterocycles. The van der Waals surface area contributed by atoms with E-state index in [1.165, 1.54) is 6.20 Å². The fourth-order valence-electron chi connectivity index (χ4n) is 1.68. The van der Waals surface area contributed by atoms with Crippen LogP contribution >= 0.6 is 0 Å². The van der Waals surface area contributed by atoms with E-state index >= 15 is 0 Å². The number of benzene rings is 1. The predicted molar refractivity (Wildman–Crippen MR) is 63.7 cm³/mol. The van der Waals surface area contributed by atoms with Gasteiger partial charge in [0, 0.05) is 6.54 Å². The lowest BCUT2D eigenvalue weighted by Crippen LogP contribution is -2.16. The number of rotatable bonds is 4. The van der Waals surface area contributed by atoms with Crippen molar-refractivity contribution in [3.8, 4) is 5.69 Å². The van der Waals surface area contributed by atoms with Crippen LogP contribution in [-0.2, 0) is 12.7 Å². The van der Waals surface area contributed by atoms with Gasteiger partial charge in [0.25, 0.3) is 0 Å². The van der Waals surface area contributed by atoms with Gasteiger partial charge in [0.15, 0.2) is 0 Å². The molecule has 0 aliphatic carbocycles. The summed E-state index contributed by atoms with van der Waals surface area (Å²) in [6, 6.07) is 2.19. The minimum Gasteiger partial charge on any atom is -0.311 e. The van der Waals surface area contributed by atoms with E-state index in [1.54, 1.807) is 0 Å². The Labute approximate surface area is 112 Å². The summed E-state index contributed by atoms with van der Waals surface area (Å²) in [6.45, 7) is 2.87. The van der Waals surface area contributed by atoms with E-state index in [1.807, 2.05) is 6.92 Å². The number of hydrogen-bond acceptors (Lipinski definition) is 3. The third-order valence-electron chi connectivity index (χ3n) is 2.68. The molecule has 0 amide bonds.